The van der Waals surface area contributed by atoms with Gasteiger partial charge in [0, 0.05) is 6.04 Å². The summed E-state index contributed by atoms with van der Waals surface area (Å²) >= 11 is 0. The van der Waals surface area contributed by atoms with Crippen molar-refractivity contribution in [2.24, 2.45) is 0 Å². The number of sulfone groups is 1. The highest BCUT2D eigenvalue weighted by molar-refractivity contribution is 7.91. The van der Waals surface area contributed by atoms with E-state index in [1.54, 1.807) is 13.8 Å². The van der Waals surface area contributed by atoms with Crippen LogP contribution in [0.2, 0.25) is 0 Å². The molecule has 18 heavy (non-hydrogen) atoms. The molecule has 1 atom stereocenters. The lowest BCUT2D eigenvalue weighted by Crippen LogP contribution is -2.36. The van der Waals surface area contributed by atoms with Crippen molar-refractivity contribution in [3.05, 3.63) is 23.3 Å². The zero-order valence-electron chi connectivity index (χ0n) is 10.3. The minimum Gasteiger partial charge on any atom is -0.348 e. The van der Waals surface area contributed by atoms with E-state index >= 15 is 0 Å². The van der Waals surface area contributed by atoms with E-state index in [1.807, 2.05) is 0 Å². The Hall–Kier alpha value is -1.50. The maximum atomic E-state index is 12.1. The number of nitrogens with one attached hydrogen (secondary N) is 1. The first-order chi connectivity index (χ1) is 8.39. The largest absolute Gasteiger partial charge is 0.348 e. The second-order valence-corrected chi connectivity index (χ2v) is 6.72. The SMILES string of the molecule is Cc1ncnc(C)c1C(=O)NC1CCS(=O)(=O)C1. The summed E-state index contributed by atoms with van der Waals surface area (Å²) in [4.78, 5) is 20.0. The summed E-state index contributed by atoms with van der Waals surface area (Å²) in [5.41, 5.74) is 1.63. The third kappa shape index (κ3) is 2.66. The topological polar surface area (TPSA) is 89.0 Å². The molecule has 1 aliphatic heterocycles. The van der Waals surface area contributed by atoms with Crippen LogP contribution >= 0.6 is 0 Å². The van der Waals surface area contributed by atoms with E-state index in [0.29, 0.717) is 23.4 Å². The van der Waals surface area contributed by atoms with E-state index in [1.165, 1.54) is 6.33 Å². The van der Waals surface area contributed by atoms with Gasteiger partial charge in [-0.15, -0.1) is 0 Å². The zero-order valence-corrected chi connectivity index (χ0v) is 11.1. The number of amides is 1. The first-order valence-electron chi connectivity index (χ1n) is 5.68. The van der Waals surface area contributed by atoms with Crippen molar-refractivity contribution < 1.29 is 13.2 Å². The van der Waals surface area contributed by atoms with E-state index < -0.39 is 9.84 Å². The van der Waals surface area contributed by atoms with Crippen molar-refractivity contribution in [1.82, 2.24) is 15.3 Å². The molecule has 1 amide bonds. The Bertz CT molecular complexity index is 563. The van der Waals surface area contributed by atoms with E-state index in [9.17, 15) is 13.2 Å². The summed E-state index contributed by atoms with van der Waals surface area (Å²) < 4.78 is 22.6. The van der Waals surface area contributed by atoms with Gasteiger partial charge in [0.1, 0.15) is 6.33 Å². The normalized spacial score (nSPS) is 21.8. The molecule has 2 heterocycles. The van der Waals surface area contributed by atoms with E-state index in [-0.39, 0.29) is 23.5 Å². The third-order valence-electron chi connectivity index (χ3n) is 3.02. The number of carbonyl (C=O) groups is 1. The molecule has 1 aliphatic rings. The van der Waals surface area contributed by atoms with Gasteiger partial charge in [0.05, 0.1) is 28.5 Å². The number of hydrogen-bond donors (Lipinski definition) is 1. The van der Waals surface area contributed by atoms with Crippen molar-refractivity contribution in [3.63, 3.8) is 0 Å². The molecule has 1 unspecified atom stereocenters. The smallest absolute Gasteiger partial charge is 0.255 e. The number of nitrogens with zero attached hydrogens (tertiary/aromatic N) is 2. The molecule has 1 saturated heterocycles. The Morgan fingerprint density at radius 1 is 1.33 bits per heavy atom. The van der Waals surface area contributed by atoms with Gasteiger partial charge in [0.25, 0.3) is 5.91 Å². The summed E-state index contributed by atoms with van der Waals surface area (Å²) in [5.74, 6) is -0.140. The van der Waals surface area contributed by atoms with Gasteiger partial charge in [0.15, 0.2) is 9.84 Å². The molecular weight excluding hydrogens is 254 g/mol. The average Bonchev–Trinajstić information content (AvgIpc) is 2.57. The molecule has 0 aromatic carbocycles. The van der Waals surface area contributed by atoms with Crippen LogP contribution in [0.15, 0.2) is 6.33 Å². The van der Waals surface area contributed by atoms with Gasteiger partial charge >= 0.3 is 0 Å². The quantitative estimate of drug-likeness (QED) is 0.817. The Morgan fingerprint density at radius 2 is 1.94 bits per heavy atom. The fraction of sp³-hybridized carbons (Fsp3) is 0.545. The van der Waals surface area contributed by atoms with E-state index in [0.717, 1.165) is 0 Å². The molecule has 0 aliphatic carbocycles. The lowest BCUT2D eigenvalue weighted by atomic mass is 10.1. The Balaban J connectivity index is 2.14. The van der Waals surface area contributed by atoms with Crippen molar-refractivity contribution >= 4 is 15.7 Å². The van der Waals surface area contributed by atoms with Crippen LogP contribution < -0.4 is 5.32 Å². The van der Waals surface area contributed by atoms with Crippen LogP contribution in [-0.4, -0.2) is 41.8 Å². The monoisotopic (exact) mass is 269 g/mol. The van der Waals surface area contributed by atoms with Gasteiger partial charge in [-0.2, -0.15) is 0 Å². The molecule has 0 spiro atoms. The first kappa shape index (κ1) is 12.9. The molecule has 0 saturated carbocycles. The number of carbonyl (C=O) groups excluding carboxylic acids is 1. The second-order valence-electron chi connectivity index (χ2n) is 4.49. The fourth-order valence-corrected chi connectivity index (χ4v) is 3.76. The van der Waals surface area contributed by atoms with Crippen LogP contribution in [0.1, 0.15) is 28.2 Å². The highest BCUT2D eigenvalue weighted by Crippen LogP contribution is 2.14. The molecule has 1 aromatic heterocycles. The molecule has 7 heteroatoms. The average molecular weight is 269 g/mol. The van der Waals surface area contributed by atoms with Gasteiger partial charge in [-0.3, -0.25) is 4.79 Å². The van der Waals surface area contributed by atoms with E-state index in [4.69, 9.17) is 0 Å². The molecule has 1 N–H and O–H groups in total. The number of aromatic nitrogens is 2. The summed E-state index contributed by atoms with van der Waals surface area (Å²) in [5, 5.41) is 2.73. The van der Waals surface area contributed by atoms with Crippen LogP contribution in [0.25, 0.3) is 0 Å². The maximum Gasteiger partial charge on any atom is 0.255 e. The van der Waals surface area contributed by atoms with Gasteiger partial charge in [-0.25, -0.2) is 18.4 Å². The Labute approximate surface area is 106 Å². The summed E-state index contributed by atoms with van der Waals surface area (Å²) in [6.07, 6.45) is 1.88. The molecule has 2 rings (SSSR count). The predicted molar refractivity (Wildman–Crippen MR) is 66.0 cm³/mol. The van der Waals surface area contributed by atoms with Crippen LogP contribution in [0.3, 0.4) is 0 Å². The predicted octanol–water partition coefficient (Wildman–Crippen LogP) is 0.0103. The molecule has 0 bridgehead atoms. The van der Waals surface area contributed by atoms with Crippen molar-refractivity contribution in [2.45, 2.75) is 26.3 Å². The van der Waals surface area contributed by atoms with Gasteiger partial charge < -0.3 is 5.32 Å². The molecule has 1 aromatic rings. The zero-order chi connectivity index (χ0) is 13.3. The summed E-state index contributed by atoms with van der Waals surface area (Å²) in [7, 11) is -2.99. The number of aryl methyl sites for hydroxylation is 2. The standard InChI is InChI=1S/C11H15N3O3S/c1-7-10(8(2)13-6-12-7)11(15)14-9-3-4-18(16,17)5-9/h6,9H,3-5H2,1-2H3,(H,14,15). The van der Waals surface area contributed by atoms with E-state index in [2.05, 4.69) is 15.3 Å². The van der Waals surface area contributed by atoms with Crippen LogP contribution in [0.4, 0.5) is 0 Å². The van der Waals surface area contributed by atoms with Crippen molar-refractivity contribution in [1.29, 1.82) is 0 Å². The highest BCUT2D eigenvalue weighted by atomic mass is 32.2. The van der Waals surface area contributed by atoms with Crippen LogP contribution in [-0.2, 0) is 9.84 Å². The van der Waals surface area contributed by atoms with Crippen molar-refractivity contribution in [3.8, 4) is 0 Å². The minimum absolute atomic E-state index is 0.0184. The molecular formula is C11H15N3O3S. The van der Waals surface area contributed by atoms with Gasteiger partial charge in [-0.05, 0) is 20.3 Å². The van der Waals surface area contributed by atoms with Crippen LogP contribution in [0, 0.1) is 13.8 Å². The Kier molecular flexibility index (Phi) is 3.34. The lowest BCUT2D eigenvalue weighted by Gasteiger charge is -2.12. The van der Waals surface area contributed by atoms with Crippen molar-refractivity contribution in [2.75, 3.05) is 11.5 Å². The molecule has 98 valence electrons. The number of hydrogen-bond acceptors (Lipinski definition) is 5. The summed E-state index contributed by atoms with van der Waals surface area (Å²) in [6, 6.07) is -0.304. The molecule has 0 radical (unpaired) electrons. The molecule has 1 fully saturated rings. The Morgan fingerprint density at radius 3 is 2.44 bits per heavy atom. The first-order valence-corrected chi connectivity index (χ1v) is 7.50. The lowest BCUT2D eigenvalue weighted by molar-refractivity contribution is 0.0939. The number of rotatable bonds is 2. The summed E-state index contributed by atoms with van der Waals surface area (Å²) in [6.45, 7) is 3.46. The van der Waals surface area contributed by atoms with Gasteiger partial charge in [0.2, 0.25) is 0 Å². The highest BCUT2D eigenvalue weighted by Gasteiger charge is 2.29. The molecule has 6 nitrogen and oxygen atoms in total. The van der Waals surface area contributed by atoms with Crippen LogP contribution in [0.5, 0.6) is 0 Å². The second kappa shape index (κ2) is 4.64. The van der Waals surface area contributed by atoms with Gasteiger partial charge in [-0.1, -0.05) is 0 Å². The third-order valence-corrected chi connectivity index (χ3v) is 4.79. The fourth-order valence-electron chi connectivity index (χ4n) is 2.09. The maximum absolute atomic E-state index is 12.1. The minimum atomic E-state index is -2.99.